The van der Waals surface area contributed by atoms with Gasteiger partial charge in [0, 0.05) is 13.1 Å². The van der Waals surface area contributed by atoms with Crippen LogP contribution >= 0.6 is 15.9 Å². The molecule has 7 heteroatoms. The Labute approximate surface area is 116 Å². The molecule has 102 valence electrons. The number of hydrogen-bond acceptors (Lipinski definition) is 4. The van der Waals surface area contributed by atoms with Gasteiger partial charge in [-0.3, -0.25) is 0 Å². The molecule has 0 fully saturated rings. The van der Waals surface area contributed by atoms with Crippen LogP contribution in [0.4, 0.5) is 0 Å². The maximum atomic E-state index is 12.3. The molecular weight excluding hydrogens is 322 g/mol. The van der Waals surface area contributed by atoms with Crippen LogP contribution in [0.2, 0.25) is 0 Å². The van der Waals surface area contributed by atoms with Crippen LogP contribution < -0.4 is 4.74 Å². The summed E-state index contributed by atoms with van der Waals surface area (Å²) in [5, 5.41) is 8.88. The number of hydrogen-bond donors (Lipinski definition) is 1. The van der Waals surface area contributed by atoms with Gasteiger partial charge in [-0.1, -0.05) is 6.92 Å². The fourth-order valence-corrected chi connectivity index (χ4v) is 3.68. The topological polar surface area (TPSA) is 66.8 Å². The summed E-state index contributed by atoms with van der Waals surface area (Å²) in [6.45, 7) is 1.92. The molecule has 0 spiro atoms. The smallest absolute Gasteiger partial charge is 0.243 e. The van der Waals surface area contributed by atoms with Crippen LogP contribution in [0.25, 0.3) is 0 Å². The van der Waals surface area contributed by atoms with Crippen LogP contribution in [-0.2, 0) is 10.0 Å². The van der Waals surface area contributed by atoms with Crippen molar-refractivity contribution in [3.8, 4) is 5.75 Å². The Hall–Kier alpha value is -0.630. The van der Waals surface area contributed by atoms with Gasteiger partial charge in [-0.25, -0.2) is 8.42 Å². The molecule has 0 saturated heterocycles. The second-order valence-corrected chi connectivity index (χ2v) is 6.31. The normalized spacial score (nSPS) is 11.8. The summed E-state index contributed by atoms with van der Waals surface area (Å²) in [6.07, 6.45) is 0. The van der Waals surface area contributed by atoms with Gasteiger partial charge in [0.25, 0.3) is 0 Å². The lowest BCUT2D eigenvalue weighted by atomic mass is 10.3. The molecule has 0 bridgehead atoms. The average molecular weight is 338 g/mol. The lowest BCUT2D eigenvalue weighted by molar-refractivity contribution is 0.257. The predicted octanol–water partition coefficient (Wildman–Crippen LogP) is 1.46. The van der Waals surface area contributed by atoms with E-state index in [1.165, 1.54) is 23.5 Å². The standard InChI is InChI=1S/C11H16BrNO4S/c1-3-13(6-7-14)18(15,16)9-4-5-11(17-2)10(12)8-9/h4-5,8,14H,3,6-7H2,1-2H3. The molecule has 5 nitrogen and oxygen atoms in total. The number of nitrogens with zero attached hydrogens (tertiary/aromatic N) is 1. The summed E-state index contributed by atoms with van der Waals surface area (Å²) >= 11 is 3.25. The third-order valence-corrected chi connectivity index (χ3v) is 5.05. The molecule has 1 rings (SSSR count). The quantitative estimate of drug-likeness (QED) is 0.853. The fraction of sp³-hybridized carbons (Fsp3) is 0.455. The first-order chi connectivity index (χ1) is 8.47. The second-order valence-electron chi connectivity index (χ2n) is 3.52. The van der Waals surface area contributed by atoms with Gasteiger partial charge < -0.3 is 9.84 Å². The molecule has 0 unspecified atom stereocenters. The van der Waals surface area contributed by atoms with Crippen LogP contribution in [0.5, 0.6) is 5.75 Å². The SMILES string of the molecule is CCN(CCO)S(=O)(=O)c1ccc(OC)c(Br)c1. The van der Waals surface area contributed by atoms with Crippen molar-refractivity contribution in [1.29, 1.82) is 0 Å². The molecule has 1 aromatic carbocycles. The minimum atomic E-state index is -3.57. The van der Waals surface area contributed by atoms with Gasteiger partial charge in [-0.15, -0.1) is 0 Å². The molecule has 0 amide bonds. The zero-order chi connectivity index (χ0) is 13.8. The van der Waals surface area contributed by atoms with Crippen molar-refractivity contribution in [3.05, 3.63) is 22.7 Å². The van der Waals surface area contributed by atoms with Crippen molar-refractivity contribution in [2.45, 2.75) is 11.8 Å². The molecule has 1 N–H and O–H groups in total. The van der Waals surface area contributed by atoms with Crippen molar-refractivity contribution in [2.24, 2.45) is 0 Å². The number of likely N-dealkylation sites (N-methyl/N-ethyl adjacent to an activating group) is 1. The van der Waals surface area contributed by atoms with Crippen molar-refractivity contribution in [2.75, 3.05) is 26.8 Å². The molecule has 18 heavy (non-hydrogen) atoms. The van der Waals surface area contributed by atoms with Crippen LogP contribution in [0, 0.1) is 0 Å². The van der Waals surface area contributed by atoms with E-state index in [1.807, 2.05) is 0 Å². The van der Waals surface area contributed by atoms with Gasteiger partial charge >= 0.3 is 0 Å². The lowest BCUT2D eigenvalue weighted by Gasteiger charge is -2.19. The summed E-state index contributed by atoms with van der Waals surface area (Å²) in [5.41, 5.74) is 0. The maximum Gasteiger partial charge on any atom is 0.243 e. The van der Waals surface area contributed by atoms with Gasteiger partial charge in [0.1, 0.15) is 5.75 Å². The highest BCUT2D eigenvalue weighted by molar-refractivity contribution is 9.10. The van der Waals surface area contributed by atoms with E-state index in [2.05, 4.69) is 15.9 Å². The van der Waals surface area contributed by atoms with E-state index in [4.69, 9.17) is 9.84 Å². The second kappa shape index (κ2) is 6.51. The third kappa shape index (κ3) is 3.23. The predicted molar refractivity (Wildman–Crippen MR) is 72.2 cm³/mol. The van der Waals surface area contributed by atoms with E-state index in [9.17, 15) is 8.42 Å². The number of methoxy groups -OCH3 is 1. The highest BCUT2D eigenvalue weighted by Crippen LogP contribution is 2.28. The van der Waals surface area contributed by atoms with Crippen LogP contribution in [0.15, 0.2) is 27.6 Å². The van der Waals surface area contributed by atoms with E-state index >= 15 is 0 Å². The molecule has 0 aliphatic carbocycles. The van der Waals surface area contributed by atoms with Crippen molar-refractivity contribution >= 4 is 26.0 Å². The maximum absolute atomic E-state index is 12.3. The van der Waals surface area contributed by atoms with Gasteiger partial charge in [0.2, 0.25) is 10.0 Å². The molecule has 0 aromatic heterocycles. The Morgan fingerprint density at radius 3 is 2.56 bits per heavy atom. The van der Waals surface area contributed by atoms with E-state index in [0.717, 1.165) is 0 Å². The molecule has 0 aliphatic rings. The van der Waals surface area contributed by atoms with E-state index in [1.54, 1.807) is 13.0 Å². The molecule has 0 radical (unpaired) electrons. The Balaban J connectivity index is 3.15. The number of sulfonamides is 1. The largest absolute Gasteiger partial charge is 0.496 e. The van der Waals surface area contributed by atoms with E-state index in [0.29, 0.717) is 16.8 Å². The first-order valence-corrected chi connectivity index (χ1v) is 7.65. The number of benzene rings is 1. The Morgan fingerprint density at radius 2 is 2.11 bits per heavy atom. The number of halogens is 1. The molecule has 1 aromatic rings. The van der Waals surface area contributed by atoms with Crippen LogP contribution in [0.1, 0.15) is 6.92 Å². The lowest BCUT2D eigenvalue weighted by Crippen LogP contribution is -2.33. The summed E-state index contributed by atoms with van der Waals surface area (Å²) in [5.74, 6) is 0.569. The van der Waals surface area contributed by atoms with E-state index in [-0.39, 0.29) is 18.0 Å². The van der Waals surface area contributed by atoms with Crippen LogP contribution in [-0.4, -0.2) is 44.6 Å². The summed E-state index contributed by atoms with van der Waals surface area (Å²) in [6, 6.07) is 4.57. The Bertz CT molecular complexity index is 504. The number of ether oxygens (including phenoxy) is 1. The molecular formula is C11H16BrNO4S. The van der Waals surface area contributed by atoms with Gasteiger partial charge in [-0.05, 0) is 34.1 Å². The fourth-order valence-electron chi connectivity index (χ4n) is 1.52. The Morgan fingerprint density at radius 1 is 1.44 bits per heavy atom. The van der Waals surface area contributed by atoms with E-state index < -0.39 is 10.0 Å². The first kappa shape index (κ1) is 15.4. The zero-order valence-corrected chi connectivity index (χ0v) is 12.7. The molecule has 0 saturated carbocycles. The van der Waals surface area contributed by atoms with Gasteiger partial charge in [-0.2, -0.15) is 4.31 Å². The first-order valence-electron chi connectivity index (χ1n) is 5.42. The van der Waals surface area contributed by atoms with Crippen molar-refractivity contribution in [3.63, 3.8) is 0 Å². The minimum Gasteiger partial charge on any atom is -0.496 e. The van der Waals surface area contributed by atoms with Gasteiger partial charge in [0.05, 0.1) is 23.1 Å². The number of aliphatic hydroxyl groups excluding tert-OH is 1. The van der Waals surface area contributed by atoms with Crippen molar-refractivity contribution in [1.82, 2.24) is 4.31 Å². The molecule has 0 aliphatic heterocycles. The average Bonchev–Trinajstić information content (AvgIpc) is 2.35. The number of aliphatic hydroxyl groups is 1. The van der Waals surface area contributed by atoms with Crippen molar-refractivity contribution < 1.29 is 18.3 Å². The molecule has 0 atom stereocenters. The summed E-state index contributed by atoms with van der Waals surface area (Å²) < 4.78 is 31.4. The highest BCUT2D eigenvalue weighted by Gasteiger charge is 2.23. The van der Waals surface area contributed by atoms with Gasteiger partial charge in [0.15, 0.2) is 0 Å². The summed E-state index contributed by atoms with van der Waals surface area (Å²) in [4.78, 5) is 0.172. The zero-order valence-electron chi connectivity index (χ0n) is 10.3. The summed E-state index contributed by atoms with van der Waals surface area (Å²) in [7, 11) is -2.06. The minimum absolute atomic E-state index is 0.0858. The monoisotopic (exact) mass is 337 g/mol. The highest BCUT2D eigenvalue weighted by atomic mass is 79.9. The Kier molecular flexibility index (Phi) is 5.58. The third-order valence-electron chi connectivity index (χ3n) is 2.46. The number of rotatable bonds is 6. The molecule has 0 heterocycles. The van der Waals surface area contributed by atoms with Crippen LogP contribution in [0.3, 0.4) is 0 Å².